The molecule has 0 aliphatic rings. The van der Waals surface area contributed by atoms with Crippen LogP contribution in [0.3, 0.4) is 0 Å². The van der Waals surface area contributed by atoms with Gasteiger partial charge in [-0.2, -0.15) is 0 Å². The second-order valence-corrected chi connectivity index (χ2v) is 15.3. The van der Waals surface area contributed by atoms with Gasteiger partial charge in [0.25, 0.3) is 0 Å². The Morgan fingerprint density at radius 2 is 1.22 bits per heavy atom. The van der Waals surface area contributed by atoms with E-state index in [0.29, 0.717) is 0 Å². The number of nitrogens with zero attached hydrogens (tertiary/aromatic N) is 2. The molecule has 2 aromatic heterocycles. The molecule has 0 aliphatic carbocycles. The molecule has 248 valence electrons. The first-order valence-corrected chi connectivity index (χ1v) is 17.9. The van der Waals surface area contributed by atoms with Gasteiger partial charge in [0.15, 0.2) is 0 Å². The zero-order chi connectivity index (χ0) is 34.7. The van der Waals surface area contributed by atoms with Crippen molar-refractivity contribution in [3.8, 4) is 39.3 Å². The number of para-hydroxylation sites is 3. The molecule has 6 aromatic carbocycles. The zero-order valence-corrected chi connectivity index (χ0v) is 30.1. The van der Waals surface area contributed by atoms with Crippen molar-refractivity contribution in [1.29, 1.82) is 0 Å². The topological polar surface area (TPSA) is 31.0 Å². The molecule has 3 heteroatoms. The molecule has 0 aliphatic heterocycles. The second-order valence-electron chi connectivity index (χ2n) is 15.3. The van der Waals surface area contributed by atoms with Crippen LogP contribution in [0.5, 0.6) is 0 Å². The average molecular weight is 653 g/mol. The van der Waals surface area contributed by atoms with E-state index in [-0.39, 0.29) is 17.3 Å². The van der Waals surface area contributed by atoms with Crippen molar-refractivity contribution in [3.63, 3.8) is 0 Å². The molecular weight excluding hydrogens is 609 g/mol. The quantitative estimate of drug-likeness (QED) is 0.179. The van der Waals surface area contributed by atoms with Crippen LogP contribution in [0.4, 0.5) is 0 Å². The highest BCUT2D eigenvalue weighted by molar-refractivity contribution is 6.10. The predicted octanol–water partition coefficient (Wildman–Crippen LogP) is 13.5. The second kappa shape index (κ2) is 12.2. The van der Waals surface area contributed by atoms with Crippen LogP contribution < -0.4 is 0 Å². The summed E-state index contributed by atoms with van der Waals surface area (Å²) in [5.41, 5.74) is 14.9. The fourth-order valence-electron chi connectivity index (χ4n) is 7.37. The molecule has 0 radical (unpaired) electrons. The van der Waals surface area contributed by atoms with E-state index in [1.807, 2.05) is 0 Å². The van der Waals surface area contributed by atoms with Gasteiger partial charge in [0, 0.05) is 10.8 Å². The average Bonchev–Trinajstić information content (AvgIpc) is 3.69. The van der Waals surface area contributed by atoms with E-state index < -0.39 is 0 Å². The SMILES string of the molecule is CC(C)c1cc(-c2ccc(C(C)(C)C)cc2)cc(C(C)C)c1-n1c(-c2cccc3c2oc2cc(-c4ccccc4)ccc23)nc2ccccc21. The normalized spacial score (nSPS) is 12.3. The van der Waals surface area contributed by atoms with Gasteiger partial charge in [-0.15, -0.1) is 0 Å². The summed E-state index contributed by atoms with van der Waals surface area (Å²) in [7, 11) is 0. The molecule has 3 nitrogen and oxygen atoms in total. The molecule has 0 bridgehead atoms. The number of furan rings is 1. The third-order valence-corrected chi connectivity index (χ3v) is 10.1. The number of imidazole rings is 1. The molecule has 8 rings (SSSR count). The zero-order valence-electron chi connectivity index (χ0n) is 30.1. The van der Waals surface area contributed by atoms with Gasteiger partial charge < -0.3 is 4.42 Å². The summed E-state index contributed by atoms with van der Waals surface area (Å²) < 4.78 is 9.21. The van der Waals surface area contributed by atoms with Crippen LogP contribution in [0.25, 0.3) is 72.3 Å². The first-order chi connectivity index (χ1) is 24.1. The van der Waals surface area contributed by atoms with E-state index in [9.17, 15) is 0 Å². The maximum absolute atomic E-state index is 6.80. The van der Waals surface area contributed by atoms with Crippen LogP contribution in [0.1, 0.15) is 77.0 Å². The Morgan fingerprint density at radius 3 is 1.90 bits per heavy atom. The summed E-state index contributed by atoms with van der Waals surface area (Å²) in [6.07, 6.45) is 0. The smallest absolute Gasteiger partial charge is 0.149 e. The van der Waals surface area contributed by atoms with Gasteiger partial charge >= 0.3 is 0 Å². The van der Waals surface area contributed by atoms with Crippen molar-refractivity contribution >= 4 is 33.0 Å². The number of fused-ring (bicyclic) bond motifs is 4. The molecule has 0 amide bonds. The Balaban J connectivity index is 1.37. The number of benzene rings is 6. The van der Waals surface area contributed by atoms with Crippen molar-refractivity contribution < 1.29 is 4.42 Å². The maximum Gasteiger partial charge on any atom is 0.149 e. The summed E-state index contributed by atoms with van der Waals surface area (Å²) in [6, 6.07) is 46.0. The molecule has 0 saturated heterocycles. The van der Waals surface area contributed by atoms with Crippen molar-refractivity contribution in [2.45, 2.75) is 65.7 Å². The van der Waals surface area contributed by atoms with Gasteiger partial charge in [-0.1, -0.05) is 133 Å². The van der Waals surface area contributed by atoms with Crippen LogP contribution in [0.2, 0.25) is 0 Å². The van der Waals surface area contributed by atoms with E-state index in [2.05, 4.69) is 180 Å². The fraction of sp³-hybridized carbons (Fsp3) is 0.213. The first kappa shape index (κ1) is 31.8. The Morgan fingerprint density at radius 1 is 0.580 bits per heavy atom. The highest BCUT2D eigenvalue weighted by atomic mass is 16.3. The van der Waals surface area contributed by atoms with E-state index in [1.54, 1.807) is 0 Å². The summed E-state index contributed by atoms with van der Waals surface area (Å²) >= 11 is 0. The van der Waals surface area contributed by atoms with Crippen molar-refractivity contribution in [1.82, 2.24) is 9.55 Å². The minimum absolute atomic E-state index is 0.111. The molecule has 2 heterocycles. The lowest BCUT2D eigenvalue weighted by molar-refractivity contribution is 0.590. The van der Waals surface area contributed by atoms with Crippen LogP contribution in [-0.2, 0) is 5.41 Å². The Kier molecular flexibility index (Phi) is 7.75. The molecule has 0 saturated carbocycles. The molecule has 0 fully saturated rings. The van der Waals surface area contributed by atoms with E-state index >= 15 is 0 Å². The van der Waals surface area contributed by atoms with Gasteiger partial charge in [-0.3, -0.25) is 4.57 Å². The van der Waals surface area contributed by atoms with Gasteiger partial charge in [0.2, 0.25) is 0 Å². The van der Waals surface area contributed by atoms with Gasteiger partial charge in [0.1, 0.15) is 17.0 Å². The van der Waals surface area contributed by atoms with Crippen LogP contribution in [0, 0.1) is 0 Å². The Bertz CT molecular complexity index is 2480. The minimum Gasteiger partial charge on any atom is -0.455 e. The van der Waals surface area contributed by atoms with Gasteiger partial charge in [-0.05, 0) is 98.7 Å². The standard InChI is InChI=1S/C47H44N2O/c1-29(2)39-26-34(32-20-23-35(24-21-32)47(5,6)7)27-40(30(3)4)44(39)49-42-19-12-11-18-41(42)48-46(49)38-17-13-16-37-36-25-22-33(28-43(36)50-45(37)38)31-14-9-8-10-15-31/h8-30H,1-7H3. The maximum atomic E-state index is 6.80. The van der Waals surface area contributed by atoms with Gasteiger partial charge in [-0.25, -0.2) is 4.98 Å². The van der Waals surface area contributed by atoms with Crippen LogP contribution in [0.15, 0.2) is 132 Å². The monoisotopic (exact) mass is 652 g/mol. The number of rotatable bonds is 6. The molecule has 0 spiro atoms. The molecular formula is C47H44N2O. The lowest BCUT2D eigenvalue weighted by Gasteiger charge is -2.25. The predicted molar refractivity (Wildman–Crippen MR) is 212 cm³/mol. The number of hydrogen-bond donors (Lipinski definition) is 0. The first-order valence-electron chi connectivity index (χ1n) is 17.9. The van der Waals surface area contributed by atoms with E-state index in [4.69, 9.17) is 9.40 Å². The highest BCUT2D eigenvalue weighted by Crippen LogP contribution is 2.43. The third kappa shape index (κ3) is 5.42. The number of hydrogen-bond acceptors (Lipinski definition) is 2. The fourth-order valence-corrected chi connectivity index (χ4v) is 7.37. The minimum atomic E-state index is 0.111. The molecule has 50 heavy (non-hydrogen) atoms. The largest absolute Gasteiger partial charge is 0.455 e. The lowest BCUT2D eigenvalue weighted by atomic mass is 9.85. The lowest BCUT2D eigenvalue weighted by Crippen LogP contribution is -2.11. The van der Waals surface area contributed by atoms with Crippen molar-refractivity contribution in [2.75, 3.05) is 0 Å². The van der Waals surface area contributed by atoms with E-state index in [1.165, 1.54) is 39.1 Å². The van der Waals surface area contributed by atoms with Crippen LogP contribution >= 0.6 is 0 Å². The molecule has 8 aromatic rings. The number of aromatic nitrogens is 2. The Hall–Kier alpha value is -5.41. The van der Waals surface area contributed by atoms with Crippen molar-refractivity contribution in [3.05, 3.63) is 144 Å². The van der Waals surface area contributed by atoms with Crippen molar-refractivity contribution in [2.24, 2.45) is 0 Å². The summed E-state index contributed by atoms with van der Waals surface area (Å²) in [5, 5.41) is 2.20. The molecule has 0 unspecified atom stereocenters. The summed E-state index contributed by atoms with van der Waals surface area (Å²) in [6.45, 7) is 16.0. The third-order valence-electron chi connectivity index (χ3n) is 10.1. The Labute approximate surface area is 295 Å². The van der Waals surface area contributed by atoms with Crippen LogP contribution in [-0.4, -0.2) is 9.55 Å². The summed E-state index contributed by atoms with van der Waals surface area (Å²) in [5.74, 6) is 1.46. The van der Waals surface area contributed by atoms with Gasteiger partial charge in [0.05, 0.1) is 22.3 Å². The van der Waals surface area contributed by atoms with E-state index in [0.717, 1.165) is 49.9 Å². The summed E-state index contributed by atoms with van der Waals surface area (Å²) in [4.78, 5) is 5.36. The highest BCUT2D eigenvalue weighted by Gasteiger charge is 2.25. The molecule has 0 atom stereocenters. The molecule has 0 N–H and O–H groups in total.